The zero-order chi connectivity index (χ0) is 29.0. The molecule has 12 heteroatoms. The summed E-state index contributed by atoms with van der Waals surface area (Å²) in [5.74, 6) is -0.388. The van der Waals surface area contributed by atoms with Crippen LogP contribution in [0.3, 0.4) is 0 Å². The summed E-state index contributed by atoms with van der Waals surface area (Å²) in [5.41, 5.74) is 0. The van der Waals surface area contributed by atoms with E-state index in [1.165, 1.54) is 77.0 Å². The Balaban J connectivity index is 0.00000147. The Morgan fingerprint density at radius 1 is 0.868 bits per heavy atom. The summed E-state index contributed by atoms with van der Waals surface area (Å²) in [5, 5.41) is 28.7. The van der Waals surface area contributed by atoms with Crippen LogP contribution in [0.4, 0.5) is 13.2 Å². The van der Waals surface area contributed by atoms with Crippen molar-refractivity contribution in [1.82, 2.24) is 0 Å². The van der Waals surface area contributed by atoms with Crippen molar-refractivity contribution in [1.29, 1.82) is 0 Å². The maximum Gasteiger partial charge on any atom is 0.435 e. The second kappa shape index (κ2) is 21.7. The molecule has 0 unspecified atom stereocenters. The van der Waals surface area contributed by atoms with Crippen LogP contribution in [0.15, 0.2) is 0 Å². The number of aliphatic hydroxyl groups excluding tert-OH is 3. The van der Waals surface area contributed by atoms with Crippen molar-refractivity contribution >= 4 is 40.8 Å². The van der Waals surface area contributed by atoms with Gasteiger partial charge in [-0.2, -0.15) is 13.2 Å². The van der Waals surface area contributed by atoms with Gasteiger partial charge in [0.15, 0.2) is 6.10 Å². The van der Waals surface area contributed by atoms with Crippen molar-refractivity contribution in [2.45, 2.75) is 144 Å². The molecule has 1 aliphatic heterocycles. The third-order valence-corrected chi connectivity index (χ3v) is 6.97. The number of rotatable bonds is 19. The van der Waals surface area contributed by atoms with E-state index in [9.17, 15) is 33.3 Å². The van der Waals surface area contributed by atoms with Gasteiger partial charge < -0.3 is 24.8 Å². The predicted octanol–water partition coefficient (Wildman–Crippen LogP) is 7.19. The van der Waals surface area contributed by atoms with Gasteiger partial charge in [0.2, 0.25) is 0 Å². The highest BCUT2D eigenvalue weighted by molar-refractivity contribution is 6.68. The standard InChI is InChI=1S/C24H46O6.C2Cl3F3/c1-2-3-4-5-6-7-8-9-10-11-12-13-14-15-16-17-22(27)30-21(18-25)24-23(28)20(26)19-29-24;3-1(4,5)2(6,7)8/h20-21,23-26,28H,2-19H2,1H3;/t20-,21+,23+,24+;/m0./s1. The van der Waals surface area contributed by atoms with Crippen LogP contribution in [0, 0.1) is 0 Å². The van der Waals surface area contributed by atoms with Crippen LogP contribution in [0.2, 0.25) is 0 Å². The zero-order valence-corrected chi connectivity index (χ0v) is 24.6. The van der Waals surface area contributed by atoms with Crippen LogP contribution >= 0.6 is 34.8 Å². The fraction of sp³-hybridized carbons (Fsp3) is 0.962. The van der Waals surface area contributed by atoms with Crippen molar-refractivity contribution in [2.24, 2.45) is 0 Å². The number of halogens is 6. The quantitative estimate of drug-likeness (QED) is 0.0807. The lowest BCUT2D eigenvalue weighted by Crippen LogP contribution is -2.43. The van der Waals surface area contributed by atoms with Gasteiger partial charge in [-0.3, -0.25) is 4.79 Å². The SMILES string of the molecule is CCCCCCCCCCCCCCCCCC(=O)O[C@H](CO)[C@H]1OC[C@H](O)[C@H]1O.FC(F)(F)C(Cl)(Cl)Cl. The molecule has 6 nitrogen and oxygen atoms in total. The first-order valence-electron chi connectivity index (χ1n) is 13.8. The molecule has 0 amide bonds. The summed E-state index contributed by atoms with van der Waals surface area (Å²) in [7, 11) is 0. The van der Waals surface area contributed by atoms with E-state index in [-0.39, 0.29) is 12.6 Å². The Kier molecular flexibility index (Phi) is 21.7. The highest BCUT2D eigenvalue weighted by atomic mass is 35.6. The Bertz CT molecular complexity index is 582. The summed E-state index contributed by atoms with van der Waals surface area (Å²) in [6.07, 6.45) is 10.7. The maximum atomic E-state index is 12.0. The average Bonchev–Trinajstić information content (AvgIpc) is 3.17. The van der Waals surface area contributed by atoms with Gasteiger partial charge in [0, 0.05) is 6.42 Å². The third kappa shape index (κ3) is 18.3. The Morgan fingerprint density at radius 2 is 1.26 bits per heavy atom. The van der Waals surface area contributed by atoms with E-state index in [1.807, 2.05) is 0 Å². The molecule has 1 saturated heterocycles. The number of aliphatic hydroxyl groups is 3. The summed E-state index contributed by atoms with van der Waals surface area (Å²) in [4.78, 5) is 12.0. The number of hydrogen-bond acceptors (Lipinski definition) is 6. The highest BCUT2D eigenvalue weighted by Gasteiger charge is 2.51. The molecule has 0 aliphatic carbocycles. The molecule has 0 bridgehead atoms. The summed E-state index contributed by atoms with van der Waals surface area (Å²) >= 11 is 13.2. The number of hydrogen-bond donors (Lipinski definition) is 3. The molecule has 0 aromatic heterocycles. The molecule has 1 fully saturated rings. The molecule has 0 saturated carbocycles. The zero-order valence-electron chi connectivity index (χ0n) is 22.4. The Morgan fingerprint density at radius 3 is 1.58 bits per heavy atom. The van der Waals surface area contributed by atoms with Crippen LogP contribution in [0.25, 0.3) is 0 Å². The highest BCUT2D eigenvalue weighted by Crippen LogP contribution is 2.42. The lowest BCUT2D eigenvalue weighted by Gasteiger charge is -2.24. The Labute approximate surface area is 240 Å². The number of ether oxygens (including phenoxy) is 2. The minimum absolute atomic E-state index is 0.0149. The molecule has 0 aromatic rings. The van der Waals surface area contributed by atoms with Crippen LogP contribution in [-0.2, 0) is 14.3 Å². The normalized spacial score (nSPS) is 20.6. The smallest absolute Gasteiger partial charge is 0.435 e. The largest absolute Gasteiger partial charge is 0.457 e. The van der Waals surface area contributed by atoms with Gasteiger partial charge in [-0.15, -0.1) is 0 Å². The Hall–Kier alpha value is -0.0300. The number of esters is 1. The fourth-order valence-corrected chi connectivity index (χ4v) is 4.03. The van der Waals surface area contributed by atoms with E-state index in [4.69, 9.17) is 9.47 Å². The van der Waals surface area contributed by atoms with E-state index in [0.29, 0.717) is 6.42 Å². The minimum Gasteiger partial charge on any atom is -0.457 e. The molecule has 1 aliphatic rings. The van der Waals surface area contributed by atoms with Gasteiger partial charge in [-0.25, -0.2) is 0 Å². The summed E-state index contributed by atoms with van der Waals surface area (Å²) in [6, 6.07) is 0. The third-order valence-electron chi connectivity index (χ3n) is 6.33. The maximum absolute atomic E-state index is 12.0. The van der Waals surface area contributed by atoms with E-state index >= 15 is 0 Å². The van der Waals surface area contributed by atoms with Crippen molar-refractivity contribution in [2.75, 3.05) is 13.2 Å². The molecular formula is C26H46Cl3F3O6. The van der Waals surface area contributed by atoms with Crippen LogP contribution in [0.1, 0.15) is 110 Å². The molecule has 1 heterocycles. The van der Waals surface area contributed by atoms with Crippen LogP contribution in [0.5, 0.6) is 0 Å². The van der Waals surface area contributed by atoms with E-state index < -0.39 is 41.0 Å². The van der Waals surface area contributed by atoms with Crippen molar-refractivity contribution in [3.8, 4) is 0 Å². The monoisotopic (exact) mass is 616 g/mol. The van der Waals surface area contributed by atoms with E-state index in [0.717, 1.165) is 19.3 Å². The van der Waals surface area contributed by atoms with Gasteiger partial charge >= 0.3 is 12.1 Å². The molecule has 228 valence electrons. The molecule has 4 atom stereocenters. The number of carbonyl (C=O) groups is 1. The average molecular weight is 618 g/mol. The predicted molar refractivity (Wildman–Crippen MR) is 145 cm³/mol. The van der Waals surface area contributed by atoms with E-state index in [2.05, 4.69) is 41.7 Å². The van der Waals surface area contributed by atoms with E-state index in [1.54, 1.807) is 0 Å². The van der Waals surface area contributed by atoms with Gasteiger partial charge in [0.1, 0.15) is 18.3 Å². The number of alkyl halides is 6. The van der Waals surface area contributed by atoms with Gasteiger partial charge in [-0.1, -0.05) is 132 Å². The summed E-state index contributed by atoms with van der Waals surface area (Å²) < 4.78 is 40.8. The van der Waals surface area contributed by atoms with Crippen molar-refractivity contribution < 1.29 is 42.8 Å². The van der Waals surface area contributed by atoms with Crippen molar-refractivity contribution in [3.63, 3.8) is 0 Å². The number of unbranched alkanes of at least 4 members (excludes halogenated alkanes) is 14. The first-order valence-corrected chi connectivity index (χ1v) is 14.9. The topological polar surface area (TPSA) is 96.2 Å². The lowest BCUT2D eigenvalue weighted by molar-refractivity contribution is -0.162. The molecular weight excluding hydrogens is 572 g/mol. The van der Waals surface area contributed by atoms with Gasteiger partial charge in [0.05, 0.1) is 13.2 Å². The molecule has 1 rings (SSSR count). The molecule has 38 heavy (non-hydrogen) atoms. The fourth-order valence-electron chi connectivity index (χ4n) is 4.03. The second-order valence-corrected chi connectivity index (χ2v) is 12.0. The molecule has 0 spiro atoms. The number of carbonyl (C=O) groups excluding carboxylic acids is 1. The lowest BCUT2D eigenvalue weighted by atomic mass is 10.0. The first kappa shape index (κ1) is 38.0. The van der Waals surface area contributed by atoms with Crippen LogP contribution < -0.4 is 0 Å². The van der Waals surface area contributed by atoms with Gasteiger partial charge in [0.25, 0.3) is 3.79 Å². The summed E-state index contributed by atoms with van der Waals surface area (Å²) in [6.45, 7) is 1.81. The first-order chi connectivity index (χ1) is 17.8. The molecule has 0 aromatic carbocycles. The molecule has 0 radical (unpaired) electrons. The van der Waals surface area contributed by atoms with Gasteiger partial charge in [-0.05, 0) is 6.42 Å². The molecule has 3 N–H and O–H groups in total. The minimum atomic E-state index is -4.77. The second-order valence-electron chi connectivity index (χ2n) is 9.76. The van der Waals surface area contributed by atoms with Crippen LogP contribution in [-0.4, -0.2) is 68.9 Å². The van der Waals surface area contributed by atoms with Crippen molar-refractivity contribution in [3.05, 3.63) is 0 Å².